The number of hydrogen-bond acceptors (Lipinski definition) is 3. The average molecular weight is 239 g/mol. The van der Waals surface area contributed by atoms with E-state index in [2.05, 4.69) is 22.5 Å². The van der Waals surface area contributed by atoms with E-state index in [9.17, 15) is 4.79 Å². The lowest BCUT2D eigenvalue weighted by molar-refractivity contribution is -0.122. The third-order valence-electron chi connectivity index (χ3n) is 3.68. The van der Waals surface area contributed by atoms with Gasteiger partial charge in [-0.2, -0.15) is 0 Å². The van der Waals surface area contributed by atoms with Crippen LogP contribution in [0, 0.1) is 0 Å². The van der Waals surface area contributed by atoms with Crippen LogP contribution in [0.25, 0.3) is 0 Å². The van der Waals surface area contributed by atoms with Crippen molar-refractivity contribution >= 4 is 5.91 Å². The molecule has 2 aliphatic rings. The molecule has 0 radical (unpaired) electrons. The Morgan fingerprint density at radius 2 is 2.12 bits per heavy atom. The van der Waals surface area contributed by atoms with Crippen molar-refractivity contribution in [3.8, 4) is 0 Å². The largest absolute Gasteiger partial charge is 0.352 e. The molecular weight excluding hydrogens is 214 g/mol. The van der Waals surface area contributed by atoms with Gasteiger partial charge in [-0.3, -0.25) is 4.79 Å². The molecule has 0 aromatic carbocycles. The SMILES string of the molecule is CCN1CCCC(NC(=O)CCNC2CC2)C1. The fraction of sp³-hybridized carbons (Fsp3) is 0.923. The molecule has 17 heavy (non-hydrogen) atoms. The molecule has 1 unspecified atom stereocenters. The van der Waals surface area contributed by atoms with Crippen molar-refractivity contribution < 1.29 is 4.79 Å². The average Bonchev–Trinajstić information content (AvgIpc) is 3.13. The van der Waals surface area contributed by atoms with Gasteiger partial charge < -0.3 is 15.5 Å². The molecule has 1 atom stereocenters. The summed E-state index contributed by atoms with van der Waals surface area (Å²) in [5, 5.41) is 6.53. The number of carbonyl (C=O) groups is 1. The lowest BCUT2D eigenvalue weighted by atomic mass is 10.1. The number of likely N-dealkylation sites (N-methyl/N-ethyl adjacent to an activating group) is 1. The van der Waals surface area contributed by atoms with Crippen molar-refractivity contribution in [3.05, 3.63) is 0 Å². The first kappa shape index (κ1) is 12.8. The summed E-state index contributed by atoms with van der Waals surface area (Å²) in [7, 11) is 0. The van der Waals surface area contributed by atoms with E-state index >= 15 is 0 Å². The van der Waals surface area contributed by atoms with Gasteiger partial charge in [0.25, 0.3) is 0 Å². The molecule has 4 nitrogen and oxygen atoms in total. The van der Waals surface area contributed by atoms with Crippen molar-refractivity contribution in [1.29, 1.82) is 0 Å². The molecule has 1 amide bonds. The highest BCUT2D eigenvalue weighted by molar-refractivity contribution is 5.76. The van der Waals surface area contributed by atoms with E-state index in [0.29, 0.717) is 18.5 Å². The van der Waals surface area contributed by atoms with Crippen LogP contribution in [0.2, 0.25) is 0 Å². The van der Waals surface area contributed by atoms with Gasteiger partial charge in [0.05, 0.1) is 0 Å². The molecule has 1 aliphatic heterocycles. The zero-order valence-electron chi connectivity index (χ0n) is 10.9. The summed E-state index contributed by atoms with van der Waals surface area (Å²) in [5.74, 6) is 0.209. The van der Waals surface area contributed by atoms with Crippen LogP contribution in [-0.4, -0.2) is 49.1 Å². The molecule has 1 saturated heterocycles. The van der Waals surface area contributed by atoms with E-state index in [1.54, 1.807) is 0 Å². The lowest BCUT2D eigenvalue weighted by Gasteiger charge is -2.32. The number of carbonyl (C=O) groups excluding carboxylic acids is 1. The van der Waals surface area contributed by atoms with Gasteiger partial charge in [0.1, 0.15) is 0 Å². The molecular formula is C13H25N3O. The summed E-state index contributed by atoms with van der Waals surface area (Å²) in [5.41, 5.74) is 0. The Hall–Kier alpha value is -0.610. The van der Waals surface area contributed by atoms with Crippen LogP contribution < -0.4 is 10.6 Å². The van der Waals surface area contributed by atoms with Gasteiger partial charge in [-0.1, -0.05) is 6.92 Å². The molecule has 2 fully saturated rings. The number of hydrogen-bond donors (Lipinski definition) is 2. The molecule has 0 aromatic rings. The van der Waals surface area contributed by atoms with E-state index in [1.165, 1.54) is 25.8 Å². The van der Waals surface area contributed by atoms with Crippen molar-refractivity contribution in [3.63, 3.8) is 0 Å². The monoisotopic (exact) mass is 239 g/mol. The molecule has 1 aliphatic carbocycles. The van der Waals surface area contributed by atoms with Gasteiger partial charge in [-0.05, 0) is 38.8 Å². The third kappa shape index (κ3) is 4.64. The van der Waals surface area contributed by atoms with E-state index in [-0.39, 0.29) is 5.91 Å². The predicted octanol–water partition coefficient (Wildman–Crippen LogP) is 0.729. The number of piperidine rings is 1. The highest BCUT2D eigenvalue weighted by Gasteiger charge is 2.22. The minimum absolute atomic E-state index is 0.209. The smallest absolute Gasteiger partial charge is 0.221 e. The molecule has 1 saturated carbocycles. The summed E-state index contributed by atoms with van der Waals surface area (Å²) >= 11 is 0. The Morgan fingerprint density at radius 3 is 2.82 bits per heavy atom. The van der Waals surface area contributed by atoms with Gasteiger partial charge >= 0.3 is 0 Å². The summed E-state index contributed by atoms with van der Waals surface area (Å²) in [6.45, 7) is 6.32. The fourth-order valence-corrected chi connectivity index (χ4v) is 2.44. The van der Waals surface area contributed by atoms with E-state index in [1.807, 2.05) is 0 Å². The second-order valence-corrected chi connectivity index (χ2v) is 5.28. The van der Waals surface area contributed by atoms with Crippen molar-refractivity contribution in [2.24, 2.45) is 0 Å². The van der Waals surface area contributed by atoms with Gasteiger partial charge in [0, 0.05) is 31.6 Å². The minimum atomic E-state index is 0.209. The highest BCUT2D eigenvalue weighted by atomic mass is 16.1. The summed E-state index contributed by atoms with van der Waals surface area (Å²) in [6.07, 6.45) is 5.54. The van der Waals surface area contributed by atoms with Crippen LogP contribution in [0.5, 0.6) is 0 Å². The molecule has 4 heteroatoms. The Bertz CT molecular complexity index is 253. The van der Waals surface area contributed by atoms with Crippen LogP contribution in [-0.2, 0) is 4.79 Å². The number of nitrogens with zero attached hydrogens (tertiary/aromatic N) is 1. The number of likely N-dealkylation sites (tertiary alicyclic amines) is 1. The van der Waals surface area contributed by atoms with Gasteiger partial charge in [0.2, 0.25) is 5.91 Å². The summed E-state index contributed by atoms with van der Waals surface area (Å²) in [4.78, 5) is 14.2. The maximum atomic E-state index is 11.7. The number of rotatable bonds is 6. The van der Waals surface area contributed by atoms with Crippen molar-refractivity contribution in [2.75, 3.05) is 26.2 Å². The lowest BCUT2D eigenvalue weighted by Crippen LogP contribution is -2.47. The van der Waals surface area contributed by atoms with Gasteiger partial charge in [-0.25, -0.2) is 0 Å². The molecule has 98 valence electrons. The Morgan fingerprint density at radius 1 is 1.29 bits per heavy atom. The van der Waals surface area contributed by atoms with E-state index in [4.69, 9.17) is 0 Å². The Balaban J connectivity index is 1.59. The normalized spacial score (nSPS) is 25.8. The second kappa shape index (κ2) is 6.36. The zero-order chi connectivity index (χ0) is 12.1. The van der Waals surface area contributed by atoms with Crippen LogP contribution in [0.4, 0.5) is 0 Å². The first-order valence-electron chi connectivity index (χ1n) is 7.03. The van der Waals surface area contributed by atoms with Crippen LogP contribution in [0.3, 0.4) is 0 Å². The van der Waals surface area contributed by atoms with Crippen LogP contribution in [0.15, 0.2) is 0 Å². The fourth-order valence-electron chi connectivity index (χ4n) is 2.44. The first-order chi connectivity index (χ1) is 8.28. The first-order valence-corrected chi connectivity index (χ1v) is 7.03. The van der Waals surface area contributed by atoms with E-state index < -0.39 is 0 Å². The number of amides is 1. The number of nitrogens with one attached hydrogen (secondary N) is 2. The molecule has 0 spiro atoms. The predicted molar refractivity (Wildman–Crippen MR) is 68.9 cm³/mol. The molecule has 2 N–H and O–H groups in total. The van der Waals surface area contributed by atoms with Gasteiger partial charge in [-0.15, -0.1) is 0 Å². The van der Waals surface area contributed by atoms with Crippen molar-refractivity contribution in [1.82, 2.24) is 15.5 Å². The standard InChI is InChI=1S/C13H25N3O/c1-2-16-9-3-4-12(10-16)15-13(17)7-8-14-11-5-6-11/h11-12,14H,2-10H2,1H3,(H,15,17). The van der Waals surface area contributed by atoms with Crippen molar-refractivity contribution in [2.45, 2.75) is 51.1 Å². The maximum Gasteiger partial charge on any atom is 0.221 e. The Labute approximate surface area is 104 Å². The highest BCUT2D eigenvalue weighted by Crippen LogP contribution is 2.18. The minimum Gasteiger partial charge on any atom is -0.352 e. The molecule has 0 aromatic heterocycles. The molecule has 1 heterocycles. The summed E-state index contributed by atoms with van der Waals surface area (Å²) in [6, 6.07) is 1.07. The Kier molecular flexibility index (Phi) is 4.80. The van der Waals surface area contributed by atoms with E-state index in [0.717, 1.165) is 26.1 Å². The van der Waals surface area contributed by atoms with Crippen LogP contribution in [0.1, 0.15) is 39.0 Å². The molecule has 0 bridgehead atoms. The third-order valence-corrected chi connectivity index (χ3v) is 3.68. The topological polar surface area (TPSA) is 44.4 Å². The van der Waals surface area contributed by atoms with Gasteiger partial charge in [0.15, 0.2) is 0 Å². The zero-order valence-corrected chi connectivity index (χ0v) is 10.9. The second-order valence-electron chi connectivity index (χ2n) is 5.28. The maximum absolute atomic E-state index is 11.7. The quantitative estimate of drug-likeness (QED) is 0.718. The molecule has 2 rings (SSSR count). The summed E-state index contributed by atoms with van der Waals surface area (Å²) < 4.78 is 0. The van der Waals surface area contributed by atoms with Crippen LogP contribution >= 0.6 is 0 Å².